The number of nitrogens with one attached hydrogen (secondary N) is 1. The first-order valence-electron chi connectivity index (χ1n) is 14.1. The van der Waals surface area contributed by atoms with Crippen LogP contribution < -0.4 is 5.32 Å². The van der Waals surface area contributed by atoms with Gasteiger partial charge in [0.2, 0.25) is 17.7 Å². The first kappa shape index (κ1) is 27.6. The Hall–Kier alpha value is -4.26. The molecule has 214 valence electrons. The topological polar surface area (TPSA) is 83.6 Å². The minimum atomic E-state index is -1.34. The highest BCUT2D eigenvalue weighted by Crippen LogP contribution is 2.69. The van der Waals surface area contributed by atoms with Gasteiger partial charge in [-0.3, -0.25) is 24.1 Å². The number of carbonyl (C=O) groups excluding carboxylic acids is 4. The lowest BCUT2D eigenvalue weighted by atomic mass is 9.54. The van der Waals surface area contributed by atoms with E-state index in [2.05, 4.69) is 5.32 Å². The summed E-state index contributed by atoms with van der Waals surface area (Å²) in [5.74, 6) is -3.70. The first-order chi connectivity index (χ1) is 20.7. The predicted molar refractivity (Wildman–Crippen MR) is 164 cm³/mol. The fraction of sp³-hybridized carbons (Fsp3) is 0.200. The number of nitrogens with zero attached hydrogens (tertiary/aromatic N) is 1. The van der Waals surface area contributed by atoms with Gasteiger partial charge in [0, 0.05) is 17.7 Å². The molecule has 1 aliphatic heterocycles. The fourth-order valence-electron chi connectivity index (χ4n) is 7.15. The highest BCUT2D eigenvalue weighted by Gasteiger charge is 2.73. The third-order valence-corrected chi connectivity index (χ3v) is 10.3. The van der Waals surface area contributed by atoms with Crippen molar-refractivity contribution in [3.05, 3.63) is 137 Å². The van der Waals surface area contributed by atoms with E-state index in [0.29, 0.717) is 33.5 Å². The number of hydrogen-bond acceptors (Lipinski definition) is 4. The molecular weight excluding hydrogens is 583 g/mol. The predicted octanol–water partition coefficient (Wildman–Crippen LogP) is 6.03. The molecule has 1 saturated heterocycles. The van der Waals surface area contributed by atoms with Crippen molar-refractivity contribution in [3.63, 3.8) is 0 Å². The Bertz CT molecular complexity index is 1700. The minimum Gasteiger partial charge on any atom is -0.324 e. The molecule has 43 heavy (non-hydrogen) atoms. The molecular formula is C35H26Cl2N2O4. The number of hydrogen-bond donors (Lipinski definition) is 1. The number of amides is 3. The van der Waals surface area contributed by atoms with Crippen molar-refractivity contribution in [1.82, 2.24) is 4.90 Å². The molecule has 0 spiro atoms. The maximum absolute atomic E-state index is 14.6. The normalized spacial score (nSPS) is 25.5. The van der Waals surface area contributed by atoms with Crippen LogP contribution in [0.25, 0.3) is 0 Å². The second-order valence-electron chi connectivity index (χ2n) is 11.3. The summed E-state index contributed by atoms with van der Waals surface area (Å²) in [6, 6.07) is 29.4. The molecule has 0 aromatic heterocycles. The van der Waals surface area contributed by atoms with E-state index in [1.165, 1.54) is 6.92 Å². The average molecular weight is 610 g/mol. The van der Waals surface area contributed by atoms with Crippen LogP contribution in [-0.2, 0) is 30.6 Å². The van der Waals surface area contributed by atoms with E-state index in [-0.39, 0.29) is 12.2 Å². The van der Waals surface area contributed by atoms with Gasteiger partial charge in [0.1, 0.15) is 15.8 Å². The summed E-state index contributed by atoms with van der Waals surface area (Å²) in [5.41, 5.74) is 4.51. The number of Topliss-reactive ketones (excluding diaryl/α,β-unsaturated/α-hetero) is 1. The number of alkyl halides is 2. The zero-order chi connectivity index (χ0) is 30.1. The Morgan fingerprint density at radius 1 is 0.721 bits per heavy atom. The lowest BCUT2D eigenvalue weighted by Crippen LogP contribution is -2.57. The van der Waals surface area contributed by atoms with Crippen molar-refractivity contribution in [2.24, 2.45) is 11.8 Å². The zero-order valence-corrected chi connectivity index (χ0v) is 24.6. The molecule has 0 unspecified atom stereocenters. The maximum atomic E-state index is 14.6. The van der Waals surface area contributed by atoms with Crippen molar-refractivity contribution in [2.75, 3.05) is 5.32 Å². The van der Waals surface area contributed by atoms with Gasteiger partial charge in [-0.05, 0) is 59.0 Å². The molecule has 3 atom stereocenters. The largest absolute Gasteiger partial charge is 0.324 e. The molecule has 1 N–H and O–H groups in total. The lowest BCUT2D eigenvalue weighted by Gasteiger charge is -2.54. The van der Waals surface area contributed by atoms with Crippen LogP contribution in [0, 0.1) is 11.8 Å². The second kappa shape index (κ2) is 9.90. The number of likely N-dealkylation sites (tertiary alicyclic amines) is 1. The maximum Gasteiger partial charge on any atom is 0.248 e. The molecule has 3 aliphatic carbocycles. The van der Waals surface area contributed by atoms with E-state index >= 15 is 0 Å². The van der Waals surface area contributed by atoms with Gasteiger partial charge in [-0.25, -0.2) is 0 Å². The van der Waals surface area contributed by atoms with Crippen LogP contribution in [0.3, 0.4) is 0 Å². The molecule has 6 nitrogen and oxygen atoms in total. The van der Waals surface area contributed by atoms with Crippen molar-refractivity contribution < 1.29 is 19.2 Å². The van der Waals surface area contributed by atoms with Crippen LogP contribution in [0.15, 0.2) is 103 Å². The molecule has 0 saturated carbocycles. The highest BCUT2D eigenvalue weighted by molar-refractivity contribution is 6.36. The summed E-state index contributed by atoms with van der Waals surface area (Å²) in [4.78, 5) is 53.3. The number of carbonyl (C=O) groups is 4. The van der Waals surface area contributed by atoms with E-state index in [0.717, 1.165) is 10.5 Å². The Morgan fingerprint density at radius 2 is 1.16 bits per heavy atom. The molecule has 0 radical (unpaired) electrons. The highest BCUT2D eigenvalue weighted by atomic mass is 35.5. The Kier molecular flexibility index (Phi) is 6.35. The number of ketones is 1. The van der Waals surface area contributed by atoms with Gasteiger partial charge in [-0.15, -0.1) is 23.2 Å². The van der Waals surface area contributed by atoms with Crippen LogP contribution in [0.4, 0.5) is 5.69 Å². The summed E-state index contributed by atoms with van der Waals surface area (Å²) in [7, 11) is 0. The molecule has 4 aliphatic rings. The van der Waals surface area contributed by atoms with Crippen LogP contribution in [0.2, 0.25) is 0 Å². The monoisotopic (exact) mass is 608 g/mol. The van der Waals surface area contributed by atoms with Crippen molar-refractivity contribution >= 4 is 52.4 Å². The molecule has 4 aromatic rings. The smallest absolute Gasteiger partial charge is 0.248 e. The summed E-state index contributed by atoms with van der Waals surface area (Å²) >= 11 is 15.2. The Labute approximate surface area is 258 Å². The van der Waals surface area contributed by atoms with Gasteiger partial charge in [0.25, 0.3) is 0 Å². The number of anilines is 1. The van der Waals surface area contributed by atoms with Crippen molar-refractivity contribution in [2.45, 2.75) is 29.1 Å². The van der Waals surface area contributed by atoms with Gasteiger partial charge < -0.3 is 5.32 Å². The standard InChI is InChI=1S/C35H26Cl2N2O4/c1-20(40)22-15-17-23(18-16-22)38-31(41)28(19-21-9-3-2-4-10-21)39-32(42)29-30(33(39)43)35(37)25-12-6-5-11-24(25)34(29,36)26-13-7-8-14-27(26)35/h2-18,28-30H,19H2,1H3,(H,38,41)/t28-,29-,30+,34?,35?/m0/s1. The summed E-state index contributed by atoms with van der Waals surface area (Å²) in [6.07, 6.45) is 0.0968. The number of halogens is 2. The quantitative estimate of drug-likeness (QED) is 0.164. The average Bonchev–Trinajstić information content (AvgIpc) is 3.30. The van der Waals surface area contributed by atoms with Crippen LogP contribution in [0.1, 0.15) is 45.1 Å². The van der Waals surface area contributed by atoms with Gasteiger partial charge in [0.15, 0.2) is 5.78 Å². The summed E-state index contributed by atoms with van der Waals surface area (Å²) in [5, 5.41) is 2.86. The Balaban J connectivity index is 1.33. The second-order valence-corrected chi connectivity index (χ2v) is 12.5. The van der Waals surface area contributed by atoms with E-state index < -0.39 is 45.3 Å². The number of rotatable bonds is 6. The van der Waals surface area contributed by atoms with E-state index in [1.807, 2.05) is 78.9 Å². The first-order valence-corrected chi connectivity index (χ1v) is 14.8. The molecule has 2 bridgehead atoms. The van der Waals surface area contributed by atoms with Crippen molar-refractivity contribution in [1.29, 1.82) is 0 Å². The minimum absolute atomic E-state index is 0.0968. The molecule has 8 rings (SSSR count). The Morgan fingerprint density at radius 3 is 1.60 bits per heavy atom. The van der Waals surface area contributed by atoms with E-state index in [1.54, 1.807) is 24.3 Å². The SMILES string of the molecule is CC(=O)c1ccc(NC(=O)[C@H](Cc2ccccc2)N2C(=O)[C@@H]3[C@H](C2=O)C2(Cl)c4ccccc4C3(Cl)c3ccccc32)cc1. The van der Waals surface area contributed by atoms with E-state index in [4.69, 9.17) is 23.2 Å². The van der Waals surface area contributed by atoms with Crippen LogP contribution in [-0.4, -0.2) is 34.4 Å². The third-order valence-electron chi connectivity index (χ3n) is 9.06. The van der Waals surface area contributed by atoms with Gasteiger partial charge >= 0.3 is 0 Å². The molecule has 8 heteroatoms. The summed E-state index contributed by atoms with van der Waals surface area (Å²) < 4.78 is 0. The third kappa shape index (κ3) is 3.86. The van der Waals surface area contributed by atoms with Crippen LogP contribution in [0.5, 0.6) is 0 Å². The molecule has 4 aromatic carbocycles. The molecule has 1 fully saturated rings. The number of benzene rings is 4. The van der Waals surface area contributed by atoms with Crippen LogP contribution >= 0.6 is 23.2 Å². The molecule has 3 amide bonds. The van der Waals surface area contributed by atoms with Gasteiger partial charge in [-0.2, -0.15) is 0 Å². The summed E-state index contributed by atoms with van der Waals surface area (Å²) in [6.45, 7) is 1.46. The van der Waals surface area contributed by atoms with Gasteiger partial charge in [0.05, 0.1) is 11.8 Å². The lowest BCUT2D eigenvalue weighted by molar-refractivity contribution is -0.146. The number of imide groups is 1. The van der Waals surface area contributed by atoms with E-state index in [9.17, 15) is 19.2 Å². The zero-order valence-electron chi connectivity index (χ0n) is 23.1. The van der Waals surface area contributed by atoms with Crippen molar-refractivity contribution in [3.8, 4) is 0 Å². The fourth-order valence-corrected chi connectivity index (χ4v) is 8.25. The molecule has 1 heterocycles. The van der Waals surface area contributed by atoms with Gasteiger partial charge in [-0.1, -0.05) is 78.9 Å².